The zero-order chi connectivity index (χ0) is 9.84. The predicted molar refractivity (Wildman–Crippen MR) is 50.6 cm³/mol. The Labute approximate surface area is 79.2 Å². The van der Waals surface area contributed by atoms with E-state index in [2.05, 4.69) is 19.2 Å². The summed E-state index contributed by atoms with van der Waals surface area (Å²) >= 11 is 0. The molecule has 1 N–H and O–H groups in total. The van der Waals surface area contributed by atoms with E-state index in [9.17, 15) is 4.79 Å². The quantitative estimate of drug-likeness (QED) is 0.704. The molecule has 1 aliphatic heterocycles. The van der Waals surface area contributed by atoms with Gasteiger partial charge in [0.05, 0.1) is 19.3 Å². The Morgan fingerprint density at radius 2 is 2.23 bits per heavy atom. The first-order chi connectivity index (χ1) is 6.11. The molecule has 0 radical (unpaired) electrons. The molecule has 4 nitrogen and oxygen atoms in total. The fourth-order valence-corrected chi connectivity index (χ4v) is 1.03. The second kappa shape index (κ2) is 4.46. The molecule has 4 heteroatoms. The topological polar surface area (TPSA) is 41.6 Å². The molecule has 0 bridgehead atoms. The lowest BCUT2D eigenvalue weighted by atomic mass is 10.2. The third-order valence-corrected chi connectivity index (χ3v) is 2.15. The molecule has 0 unspecified atom stereocenters. The van der Waals surface area contributed by atoms with E-state index in [0.717, 1.165) is 6.54 Å². The number of hydrogen-bond acceptors (Lipinski definition) is 2. The van der Waals surface area contributed by atoms with E-state index in [4.69, 9.17) is 4.74 Å². The van der Waals surface area contributed by atoms with E-state index in [0.29, 0.717) is 19.1 Å². The summed E-state index contributed by atoms with van der Waals surface area (Å²) < 4.78 is 5.01. The van der Waals surface area contributed by atoms with Crippen LogP contribution in [0.25, 0.3) is 0 Å². The van der Waals surface area contributed by atoms with Crippen LogP contribution in [0.1, 0.15) is 13.8 Å². The standard InChI is InChI=1S/C9H18N2O2/c1-7(2)4-10-9(12)11(3)8-5-13-6-8/h7-8H,4-6H2,1-3H3,(H,10,12). The van der Waals surface area contributed by atoms with Gasteiger partial charge in [-0.1, -0.05) is 13.8 Å². The summed E-state index contributed by atoms with van der Waals surface area (Å²) in [6.07, 6.45) is 0. The zero-order valence-corrected chi connectivity index (χ0v) is 8.54. The Balaban J connectivity index is 2.21. The van der Waals surface area contributed by atoms with Gasteiger partial charge in [-0.3, -0.25) is 0 Å². The summed E-state index contributed by atoms with van der Waals surface area (Å²) in [5, 5.41) is 2.86. The lowest BCUT2D eigenvalue weighted by Crippen LogP contribution is -2.53. The van der Waals surface area contributed by atoms with Crippen LogP contribution in [-0.4, -0.2) is 43.8 Å². The summed E-state index contributed by atoms with van der Waals surface area (Å²) in [5.41, 5.74) is 0. The summed E-state index contributed by atoms with van der Waals surface area (Å²) in [5.74, 6) is 0.495. The zero-order valence-electron chi connectivity index (χ0n) is 8.54. The fourth-order valence-electron chi connectivity index (χ4n) is 1.03. The van der Waals surface area contributed by atoms with Crippen LogP contribution in [0.15, 0.2) is 0 Å². The van der Waals surface area contributed by atoms with E-state index in [1.54, 1.807) is 4.90 Å². The third-order valence-electron chi connectivity index (χ3n) is 2.15. The number of ether oxygens (including phenoxy) is 1. The molecule has 0 aliphatic carbocycles. The van der Waals surface area contributed by atoms with Gasteiger partial charge in [0.2, 0.25) is 0 Å². The number of nitrogens with one attached hydrogen (secondary N) is 1. The van der Waals surface area contributed by atoms with Crippen molar-refractivity contribution in [1.82, 2.24) is 10.2 Å². The summed E-state index contributed by atoms with van der Waals surface area (Å²) in [6.45, 7) is 6.23. The van der Waals surface area contributed by atoms with E-state index >= 15 is 0 Å². The van der Waals surface area contributed by atoms with E-state index in [-0.39, 0.29) is 12.1 Å². The Bertz CT molecular complexity index is 178. The average molecular weight is 186 g/mol. The van der Waals surface area contributed by atoms with Gasteiger partial charge in [-0.25, -0.2) is 4.79 Å². The van der Waals surface area contributed by atoms with Gasteiger partial charge >= 0.3 is 6.03 Å². The van der Waals surface area contributed by atoms with Crippen molar-refractivity contribution in [2.75, 3.05) is 26.8 Å². The van der Waals surface area contributed by atoms with Crippen LogP contribution in [0.5, 0.6) is 0 Å². The molecule has 0 aromatic rings. The van der Waals surface area contributed by atoms with Gasteiger partial charge in [-0.15, -0.1) is 0 Å². The van der Waals surface area contributed by atoms with Gasteiger partial charge in [0.15, 0.2) is 0 Å². The maximum absolute atomic E-state index is 11.4. The SMILES string of the molecule is CC(C)CNC(=O)N(C)C1COC1. The van der Waals surface area contributed by atoms with Crippen molar-refractivity contribution in [2.45, 2.75) is 19.9 Å². The number of carbonyl (C=O) groups is 1. The molecule has 0 aromatic carbocycles. The summed E-state index contributed by atoms with van der Waals surface area (Å²) in [6, 6.07) is 0.272. The van der Waals surface area contributed by atoms with Crippen molar-refractivity contribution in [3.8, 4) is 0 Å². The third kappa shape index (κ3) is 2.88. The number of nitrogens with zero attached hydrogens (tertiary/aromatic N) is 1. The Morgan fingerprint density at radius 1 is 1.62 bits per heavy atom. The highest BCUT2D eigenvalue weighted by atomic mass is 16.5. The van der Waals surface area contributed by atoms with Crippen LogP contribution in [0.4, 0.5) is 4.79 Å². The first-order valence-corrected chi connectivity index (χ1v) is 4.69. The molecule has 1 saturated heterocycles. The molecule has 13 heavy (non-hydrogen) atoms. The van der Waals surface area contributed by atoms with Gasteiger partial charge in [-0.2, -0.15) is 0 Å². The largest absolute Gasteiger partial charge is 0.377 e. The molecular weight excluding hydrogens is 168 g/mol. The van der Waals surface area contributed by atoms with Crippen LogP contribution in [0, 0.1) is 5.92 Å². The van der Waals surface area contributed by atoms with Crippen LogP contribution in [-0.2, 0) is 4.74 Å². The molecule has 0 spiro atoms. The number of likely N-dealkylation sites (N-methyl/N-ethyl adjacent to an activating group) is 1. The summed E-state index contributed by atoms with van der Waals surface area (Å²) in [7, 11) is 1.81. The second-order valence-corrected chi connectivity index (χ2v) is 3.88. The van der Waals surface area contributed by atoms with Crippen LogP contribution in [0.2, 0.25) is 0 Å². The van der Waals surface area contributed by atoms with Gasteiger partial charge in [-0.05, 0) is 5.92 Å². The molecule has 1 heterocycles. The van der Waals surface area contributed by atoms with Gasteiger partial charge < -0.3 is 15.0 Å². The molecular formula is C9H18N2O2. The fraction of sp³-hybridized carbons (Fsp3) is 0.889. The molecule has 1 fully saturated rings. The lowest BCUT2D eigenvalue weighted by Gasteiger charge is -2.34. The molecule has 0 aromatic heterocycles. The lowest BCUT2D eigenvalue weighted by molar-refractivity contribution is -0.0418. The van der Waals surface area contributed by atoms with Crippen LogP contribution in [0.3, 0.4) is 0 Å². The molecule has 0 saturated carbocycles. The Kier molecular flexibility index (Phi) is 3.54. The highest BCUT2D eigenvalue weighted by Gasteiger charge is 2.26. The predicted octanol–water partition coefficient (Wildman–Crippen LogP) is 0.683. The maximum Gasteiger partial charge on any atom is 0.317 e. The minimum atomic E-state index is 0.00185. The summed E-state index contributed by atoms with van der Waals surface area (Å²) in [4.78, 5) is 13.2. The van der Waals surface area contributed by atoms with E-state index < -0.39 is 0 Å². The Morgan fingerprint density at radius 3 is 2.62 bits per heavy atom. The molecule has 76 valence electrons. The van der Waals surface area contributed by atoms with Crippen molar-refractivity contribution in [1.29, 1.82) is 0 Å². The van der Waals surface area contributed by atoms with Crippen molar-refractivity contribution in [2.24, 2.45) is 5.92 Å². The van der Waals surface area contributed by atoms with Crippen molar-refractivity contribution < 1.29 is 9.53 Å². The van der Waals surface area contributed by atoms with Gasteiger partial charge in [0, 0.05) is 13.6 Å². The van der Waals surface area contributed by atoms with Gasteiger partial charge in [0.1, 0.15) is 0 Å². The van der Waals surface area contributed by atoms with Crippen LogP contribution >= 0.6 is 0 Å². The van der Waals surface area contributed by atoms with Crippen molar-refractivity contribution >= 4 is 6.03 Å². The smallest absolute Gasteiger partial charge is 0.317 e. The first-order valence-electron chi connectivity index (χ1n) is 4.69. The van der Waals surface area contributed by atoms with E-state index in [1.165, 1.54) is 0 Å². The highest BCUT2D eigenvalue weighted by Crippen LogP contribution is 2.07. The number of carbonyl (C=O) groups excluding carboxylic acids is 1. The number of rotatable bonds is 3. The normalized spacial score (nSPS) is 16.9. The number of hydrogen-bond donors (Lipinski definition) is 1. The highest BCUT2D eigenvalue weighted by molar-refractivity contribution is 5.74. The monoisotopic (exact) mass is 186 g/mol. The molecule has 1 aliphatic rings. The number of urea groups is 1. The average Bonchev–Trinajstić information content (AvgIpc) is 1.96. The second-order valence-electron chi connectivity index (χ2n) is 3.88. The Hall–Kier alpha value is -0.770. The molecule has 1 rings (SSSR count). The number of amides is 2. The maximum atomic E-state index is 11.4. The van der Waals surface area contributed by atoms with E-state index in [1.807, 2.05) is 7.05 Å². The van der Waals surface area contributed by atoms with Crippen molar-refractivity contribution in [3.63, 3.8) is 0 Å². The molecule has 2 amide bonds. The van der Waals surface area contributed by atoms with Crippen LogP contribution < -0.4 is 5.32 Å². The molecule has 0 atom stereocenters. The van der Waals surface area contributed by atoms with Gasteiger partial charge in [0.25, 0.3) is 0 Å². The van der Waals surface area contributed by atoms with Crippen molar-refractivity contribution in [3.05, 3.63) is 0 Å². The minimum absolute atomic E-state index is 0.00185. The first kappa shape index (κ1) is 10.3. The minimum Gasteiger partial charge on any atom is -0.377 e.